The summed E-state index contributed by atoms with van der Waals surface area (Å²) in [4.78, 5) is 12.9. The molecular weight excluding hydrogens is 366 g/mol. The molecule has 5 rings (SSSR count). The number of carbonyl (C=O) groups excluding carboxylic acids is 1. The maximum Gasteiger partial charge on any atom is 0.258 e. The first-order valence-electron chi connectivity index (χ1n) is 9.03. The number of aromatic nitrogens is 4. The van der Waals surface area contributed by atoms with Crippen LogP contribution in [0.25, 0.3) is 10.9 Å². The lowest BCUT2D eigenvalue weighted by Gasteiger charge is -2.14. The summed E-state index contributed by atoms with van der Waals surface area (Å²) in [5, 5.41) is 15.3. The SMILES string of the molecule is O=C(Nc1cc(C2CC2)nn1C1CCS(=O)(=O)C1)c1cccc2cn[nH]c12. The first-order chi connectivity index (χ1) is 13.0. The van der Waals surface area contributed by atoms with Gasteiger partial charge in [-0.05, 0) is 25.3 Å². The number of rotatable bonds is 4. The van der Waals surface area contributed by atoms with Gasteiger partial charge in [-0.15, -0.1) is 0 Å². The number of benzene rings is 1. The van der Waals surface area contributed by atoms with Gasteiger partial charge in [-0.2, -0.15) is 10.2 Å². The van der Waals surface area contributed by atoms with E-state index in [9.17, 15) is 13.2 Å². The summed E-state index contributed by atoms with van der Waals surface area (Å²) in [6.45, 7) is 0. The lowest BCUT2D eigenvalue weighted by atomic mass is 10.1. The number of nitrogens with one attached hydrogen (secondary N) is 2. The van der Waals surface area contributed by atoms with E-state index in [1.165, 1.54) is 0 Å². The number of hydrogen-bond donors (Lipinski definition) is 2. The van der Waals surface area contributed by atoms with E-state index in [0.717, 1.165) is 23.9 Å². The molecule has 1 aliphatic carbocycles. The number of aromatic amines is 1. The van der Waals surface area contributed by atoms with Gasteiger partial charge in [-0.3, -0.25) is 9.89 Å². The molecule has 140 valence electrons. The fourth-order valence-electron chi connectivity index (χ4n) is 3.67. The second-order valence-electron chi connectivity index (χ2n) is 7.32. The summed E-state index contributed by atoms with van der Waals surface area (Å²) in [5.74, 6) is 0.931. The maximum atomic E-state index is 12.9. The van der Waals surface area contributed by atoms with Crippen LogP contribution in [-0.2, 0) is 9.84 Å². The Kier molecular flexibility index (Phi) is 3.61. The highest BCUT2D eigenvalue weighted by Crippen LogP contribution is 2.41. The van der Waals surface area contributed by atoms with Crippen LogP contribution in [0.1, 0.15) is 47.3 Å². The molecule has 2 N–H and O–H groups in total. The number of H-pyrrole nitrogens is 1. The van der Waals surface area contributed by atoms with Crippen molar-refractivity contribution in [2.45, 2.75) is 31.2 Å². The number of sulfone groups is 1. The standard InChI is InChI=1S/C18H19N5O3S/c24-18(14-3-1-2-12-9-19-21-17(12)14)20-16-8-15(11-4-5-11)22-23(16)13-6-7-27(25,26)10-13/h1-3,8-9,11,13H,4-7,10H2,(H,19,21)(H,20,24). The van der Waals surface area contributed by atoms with Crippen LogP contribution in [0.2, 0.25) is 0 Å². The molecule has 3 aromatic rings. The fraction of sp³-hybridized carbons (Fsp3) is 0.389. The molecule has 0 spiro atoms. The molecule has 1 aliphatic heterocycles. The summed E-state index contributed by atoms with van der Waals surface area (Å²) in [7, 11) is -3.04. The normalized spacial score (nSPS) is 21.6. The van der Waals surface area contributed by atoms with Crippen molar-refractivity contribution in [2.75, 3.05) is 16.8 Å². The van der Waals surface area contributed by atoms with E-state index in [2.05, 4.69) is 20.6 Å². The van der Waals surface area contributed by atoms with Gasteiger partial charge in [-0.25, -0.2) is 13.1 Å². The zero-order chi connectivity index (χ0) is 18.6. The van der Waals surface area contributed by atoms with Crippen LogP contribution in [0.5, 0.6) is 0 Å². The van der Waals surface area contributed by atoms with Gasteiger partial charge in [-0.1, -0.05) is 12.1 Å². The van der Waals surface area contributed by atoms with Crippen molar-refractivity contribution in [3.63, 3.8) is 0 Å². The number of carbonyl (C=O) groups is 1. The van der Waals surface area contributed by atoms with E-state index in [1.807, 2.05) is 18.2 Å². The molecule has 0 bridgehead atoms. The van der Waals surface area contributed by atoms with Crippen LogP contribution >= 0.6 is 0 Å². The van der Waals surface area contributed by atoms with Crippen molar-refractivity contribution in [3.8, 4) is 0 Å². The van der Waals surface area contributed by atoms with Crippen molar-refractivity contribution >= 4 is 32.5 Å². The smallest absolute Gasteiger partial charge is 0.258 e. The van der Waals surface area contributed by atoms with Crippen LogP contribution in [-0.4, -0.2) is 45.8 Å². The first kappa shape index (κ1) is 16.5. The summed E-state index contributed by atoms with van der Waals surface area (Å²) < 4.78 is 25.5. The minimum Gasteiger partial charge on any atom is -0.307 e. The quantitative estimate of drug-likeness (QED) is 0.716. The molecule has 27 heavy (non-hydrogen) atoms. The third-order valence-corrected chi connectivity index (χ3v) is 7.02. The predicted octanol–water partition coefficient (Wildman–Crippen LogP) is 2.25. The third-order valence-electron chi connectivity index (χ3n) is 5.27. The van der Waals surface area contributed by atoms with E-state index in [4.69, 9.17) is 0 Å². The molecule has 1 aromatic carbocycles. The molecule has 1 saturated heterocycles. The lowest BCUT2D eigenvalue weighted by Crippen LogP contribution is -2.19. The summed E-state index contributed by atoms with van der Waals surface area (Å²) in [5.41, 5.74) is 2.09. The topological polar surface area (TPSA) is 110 Å². The summed E-state index contributed by atoms with van der Waals surface area (Å²) in [6.07, 6.45) is 4.36. The van der Waals surface area contributed by atoms with Crippen molar-refractivity contribution < 1.29 is 13.2 Å². The fourth-order valence-corrected chi connectivity index (χ4v) is 5.37. The average molecular weight is 385 g/mol. The number of nitrogens with zero attached hydrogens (tertiary/aromatic N) is 3. The minimum absolute atomic E-state index is 0.0672. The molecule has 1 saturated carbocycles. The highest BCUT2D eigenvalue weighted by atomic mass is 32.2. The molecule has 3 heterocycles. The van der Waals surface area contributed by atoms with E-state index in [1.54, 1.807) is 16.9 Å². The lowest BCUT2D eigenvalue weighted by molar-refractivity contribution is 0.102. The summed E-state index contributed by atoms with van der Waals surface area (Å²) in [6, 6.07) is 7.07. The number of hydrogen-bond acceptors (Lipinski definition) is 5. The molecule has 1 unspecified atom stereocenters. The largest absolute Gasteiger partial charge is 0.307 e. The van der Waals surface area contributed by atoms with Gasteiger partial charge in [0.25, 0.3) is 5.91 Å². The Morgan fingerprint density at radius 2 is 2.11 bits per heavy atom. The monoisotopic (exact) mass is 385 g/mol. The van der Waals surface area contributed by atoms with Crippen LogP contribution in [0, 0.1) is 0 Å². The molecule has 2 aromatic heterocycles. The van der Waals surface area contributed by atoms with Gasteiger partial charge < -0.3 is 5.32 Å². The number of amides is 1. The zero-order valence-corrected chi connectivity index (χ0v) is 15.4. The van der Waals surface area contributed by atoms with Crippen molar-refractivity contribution in [2.24, 2.45) is 0 Å². The Hall–Kier alpha value is -2.68. The number of para-hydroxylation sites is 1. The number of fused-ring (bicyclic) bond motifs is 1. The highest BCUT2D eigenvalue weighted by molar-refractivity contribution is 7.91. The van der Waals surface area contributed by atoms with Crippen LogP contribution in [0.15, 0.2) is 30.5 Å². The highest BCUT2D eigenvalue weighted by Gasteiger charge is 2.34. The third kappa shape index (κ3) is 3.01. The molecule has 9 heteroatoms. The van der Waals surface area contributed by atoms with E-state index in [0.29, 0.717) is 29.2 Å². The first-order valence-corrected chi connectivity index (χ1v) is 10.9. The van der Waals surface area contributed by atoms with Gasteiger partial charge in [0.2, 0.25) is 0 Å². The Morgan fingerprint density at radius 3 is 2.85 bits per heavy atom. The van der Waals surface area contributed by atoms with E-state index in [-0.39, 0.29) is 23.5 Å². The van der Waals surface area contributed by atoms with Gasteiger partial charge in [0, 0.05) is 17.4 Å². The van der Waals surface area contributed by atoms with Gasteiger partial charge >= 0.3 is 0 Å². The summed E-state index contributed by atoms with van der Waals surface area (Å²) >= 11 is 0. The second-order valence-corrected chi connectivity index (χ2v) is 9.55. The van der Waals surface area contributed by atoms with Gasteiger partial charge in [0.15, 0.2) is 9.84 Å². The van der Waals surface area contributed by atoms with Crippen LogP contribution < -0.4 is 5.32 Å². The second kappa shape index (κ2) is 5.91. The van der Waals surface area contributed by atoms with E-state index < -0.39 is 9.84 Å². The zero-order valence-electron chi connectivity index (χ0n) is 14.6. The molecule has 1 atom stereocenters. The Labute approximate surface area is 155 Å². The minimum atomic E-state index is -3.04. The van der Waals surface area contributed by atoms with Crippen LogP contribution in [0.3, 0.4) is 0 Å². The molecule has 2 aliphatic rings. The van der Waals surface area contributed by atoms with Crippen LogP contribution in [0.4, 0.5) is 5.82 Å². The average Bonchev–Trinajstić information content (AvgIpc) is 3.06. The Bertz CT molecular complexity index is 1140. The van der Waals surface area contributed by atoms with Gasteiger partial charge in [0.05, 0.1) is 40.5 Å². The van der Waals surface area contributed by atoms with Crippen molar-refractivity contribution in [3.05, 3.63) is 41.7 Å². The molecule has 0 radical (unpaired) electrons. The molecule has 1 amide bonds. The van der Waals surface area contributed by atoms with E-state index >= 15 is 0 Å². The van der Waals surface area contributed by atoms with Crippen molar-refractivity contribution in [1.29, 1.82) is 0 Å². The number of anilines is 1. The molecule has 2 fully saturated rings. The Morgan fingerprint density at radius 1 is 1.26 bits per heavy atom. The Balaban J connectivity index is 1.49. The molecular formula is C18H19N5O3S. The molecule has 8 nitrogen and oxygen atoms in total. The van der Waals surface area contributed by atoms with Crippen molar-refractivity contribution in [1.82, 2.24) is 20.0 Å². The van der Waals surface area contributed by atoms with Gasteiger partial charge in [0.1, 0.15) is 5.82 Å². The predicted molar refractivity (Wildman–Crippen MR) is 101 cm³/mol. The maximum absolute atomic E-state index is 12.9.